The standard InChI is InChI=1S/C18H16BrN3O/c1-11(2)12-4-6-13(7-5-12)18(23)21-17-8-16-14(9-20-17)15(19)10-22(16)3/h4-10H,1H2,2-3H3,(H,20,21,23). The Morgan fingerprint density at radius 1 is 1.26 bits per heavy atom. The Labute approximate surface area is 143 Å². The molecular weight excluding hydrogens is 354 g/mol. The summed E-state index contributed by atoms with van der Waals surface area (Å²) in [7, 11) is 1.95. The van der Waals surface area contributed by atoms with Crippen molar-refractivity contribution < 1.29 is 4.79 Å². The zero-order chi connectivity index (χ0) is 16.6. The first kappa shape index (κ1) is 15.5. The Balaban J connectivity index is 1.84. The van der Waals surface area contributed by atoms with Gasteiger partial charge in [0.25, 0.3) is 5.91 Å². The molecule has 2 heterocycles. The number of pyridine rings is 1. The molecule has 3 rings (SSSR count). The van der Waals surface area contributed by atoms with E-state index in [2.05, 4.69) is 32.8 Å². The van der Waals surface area contributed by atoms with Gasteiger partial charge in [-0.15, -0.1) is 0 Å². The van der Waals surface area contributed by atoms with Gasteiger partial charge in [0.15, 0.2) is 0 Å². The number of carbonyl (C=O) groups excluding carboxylic acids is 1. The van der Waals surface area contributed by atoms with Crippen LogP contribution in [0.15, 0.2) is 53.8 Å². The van der Waals surface area contributed by atoms with Crippen LogP contribution in [0.4, 0.5) is 5.82 Å². The molecule has 0 aliphatic heterocycles. The number of hydrogen-bond acceptors (Lipinski definition) is 2. The number of benzene rings is 1. The van der Waals surface area contributed by atoms with E-state index in [0.717, 1.165) is 26.5 Å². The number of nitrogens with one attached hydrogen (secondary N) is 1. The van der Waals surface area contributed by atoms with Crippen LogP contribution in [0.3, 0.4) is 0 Å². The molecule has 0 bridgehead atoms. The third-order valence-electron chi connectivity index (χ3n) is 3.71. The molecule has 0 fully saturated rings. The molecule has 0 unspecified atom stereocenters. The van der Waals surface area contributed by atoms with Crippen LogP contribution >= 0.6 is 15.9 Å². The van der Waals surface area contributed by atoms with Gasteiger partial charge < -0.3 is 9.88 Å². The number of aryl methyl sites for hydroxylation is 1. The number of hydrogen-bond donors (Lipinski definition) is 1. The van der Waals surface area contributed by atoms with Crippen molar-refractivity contribution >= 4 is 44.1 Å². The van der Waals surface area contributed by atoms with E-state index in [-0.39, 0.29) is 5.91 Å². The number of anilines is 1. The quantitative estimate of drug-likeness (QED) is 0.731. The number of nitrogens with zero attached hydrogens (tertiary/aromatic N) is 2. The molecule has 5 heteroatoms. The summed E-state index contributed by atoms with van der Waals surface area (Å²) in [6.45, 7) is 5.83. The summed E-state index contributed by atoms with van der Waals surface area (Å²) in [5.41, 5.74) is 3.58. The van der Waals surface area contributed by atoms with Gasteiger partial charge >= 0.3 is 0 Å². The number of rotatable bonds is 3. The Morgan fingerprint density at radius 2 is 1.91 bits per heavy atom. The van der Waals surface area contributed by atoms with Crippen molar-refractivity contribution in [3.8, 4) is 0 Å². The summed E-state index contributed by atoms with van der Waals surface area (Å²) in [5.74, 6) is 0.346. The first-order chi connectivity index (χ1) is 11.0. The van der Waals surface area contributed by atoms with Gasteiger partial charge in [-0.1, -0.05) is 24.3 Å². The molecule has 1 N–H and O–H groups in total. The average Bonchev–Trinajstić information content (AvgIpc) is 2.81. The SMILES string of the molecule is C=C(C)c1ccc(C(=O)Nc2cc3c(cn2)c(Br)cn3C)cc1. The topological polar surface area (TPSA) is 46.9 Å². The largest absolute Gasteiger partial charge is 0.349 e. The maximum absolute atomic E-state index is 12.3. The number of allylic oxidation sites excluding steroid dienone is 1. The first-order valence-electron chi connectivity index (χ1n) is 7.13. The minimum absolute atomic E-state index is 0.182. The van der Waals surface area contributed by atoms with Crippen LogP contribution in [0, 0.1) is 0 Å². The van der Waals surface area contributed by atoms with Crippen molar-refractivity contribution in [2.75, 3.05) is 5.32 Å². The van der Waals surface area contributed by atoms with Crippen LogP contribution in [0.2, 0.25) is 0 Å². The van der Waals surface area contributed by atoms with E-state index in [0.29, 0.717) is 11.4 Å². The Hall–Kier alpha value is -2.40. The predicted octanol–water partition coefficient (Wildman–Crippen LogP) is 4.62. The monoisotopic (exact) mass is 369 g/mol. The molecule has 0 radical (unpaired) electrons. The Morgan fingerprint density at radius 3 is 2.57 bits per heavy atom. The van der Waals surface area contributed by atoms with Crippen LogP contribution in [0.25, 0.3) is 16.5 Å². The fourth-order valence-electron chi connectivity index (χ4n) is 2.39. The lowest BCUT2D eigenvalue weighted by Gasteiger charge is -2.06. The average molecular weight is 370 g/mol. The number of carbonyl (C=O) groups is 1. The van der Waals surface area contributed by atoms with Crippen molar-refractivity contribution in [2.24, 2.45) is 7.05 Å². The molecule has 4 nitrogen and oxygen atoms in total. The van der Waals surface area contributed by atoms with E-state index in [4.69, 9.17) is 0 Å². The summed E-state index contributed by atoms with van der Waals surface area (Å²) >= 11 is 3.49. The minimum atomic E-state index is -0.182. The van der Waals surface area contributed by atoms with Crippen molar-refractivity contribution in [3.63, 3.8) is 0 Å². The molecule has 0 aliphatic carbocycles. The van der Waals surface area contributed by atoms with Crippen molar-refractivity contribution in [2.45, 2.75) is 6.92 Å². The second-order valence-electron chi connectivity index (χ2n) is 5.49. The van der Waals surface area contributed by atoms with E-state index in [1.807, 2.05) is 42.9 Å². The minimum Gasteiger partial charge on any atom is -0.349 e. The number of halogens is 1. The van der Waals surface area contributed by atoms with E-state index in [1.54, 1.807) is 18.3 Å². The van der Waals surface area contributed by atoms with Crippen LogP contribution in [-0.4, -0.2) is 15.5 Å². The van der Waals surface area contributed by atoms with Crippen LogP contribution < -0.4 is 5.32 Å². The third kappa shape index (κ3) is 3.05. The van der Waals surface area contributed by atoms with Gasteiger partial charge in [0.05, 0.1) is 5.52 Å². The van der Waals surface area contributed by atoms with Crippen molar-refractivity contribution in [1.29, 1.82) is 0 Å². The van der Waals surface area contributed by atoms with Gasteiger partial charge in [-0.3, -0.25) is 4.79 Å². The smallest absolute Gasteiger partial charge is 0.256 e. The summed E-state index contributed by atoms with van der Waals surface area (Å²) < 4.78 is 2.97. The molecule has 1 aromatic carbocycles. The van der Waals surface area contributed by atoms with Gasteiger partial charge in [0, 0.05) is 40.9 Å². The first-order valence-corrected chi connectivity index (χ1v) is 7.93. The highest BCUT2D eigenvalue weighted by molar-refractivity contribution is 9.10. The summed E-state index contributed by atoms with van der Waals surface area (Å²) in [6, 6.07) is 9.22. The summed E-state index contributed by atoms with van der Waals surface area (Å²) in [6.07, 6.45) is 3.72. The maximum Gasteiger partial charge on any atom is 0.256 e. The molecule has 2 aromatic heterocycles. The molecule has 0 saturated carbocycles. The van der Waals surface area contributed by atoms with Gasteiger partial charge in [-0.2, -0.15) is 0 Å². The fraction of sp³-hybridized carbons (Fsp3) is 0.111. The van der Waals surface area contributed by atoms with E-state index >= 15 is 0 Å². The van der Waals surface area contributed by atoms with Gasteiger partial charge in [0.2, 0.25) is 0 Å². The number of amides is 1. The second-order valence-corrected chi connectivity index (χ2v) is 6.34. The normalized spacial score (nSPS) is 10.7. The number of aromatic nitrogens is 2. The van der Waals surface area contributed by atoms with Crippen molar-refractivity contribution in [3.05, 3.63) is 64.9 Å². The predicted molar refractivity (Wildman–Crippen MR) is 97.5 cm³/mol. The lowest BCUT2D eigenvalue weighted by molar-refractivity contribution is 0.102. The molecule has 0 atom stereocenters. The fourth-order valence-corrected chi connectivity index (χ4v) is 3.01. The highest BCUT2D eigenvalue weighted by Crippen LogP contribution is 2.26. The van der Waals surface area contributed by atoms with E-state index in [1.165, 1.54) is 0 Å². The Bertz CT molecular complexity index is 910. The molecule has 0 spiro atoms. The highest BCUT2D eigenvalue weighted by Gasteiger charge is 2.10. The van der Waals surface area contributed by atoms with Gasteiger partial charge in [-0.25, -0.2) is 4.98 Å². The molecule has 23 heavy (non-hydrogen) atoms. The second kappa shape index (κ2) is 6.01. The van der Waals surface area contributed by atoms with E-state index in [9.17, 15) is 4.79 Å². The zero-order valence-electron chi connectivity index (χ0n) is 12.9. The van der Waals surface area contributed by atoms with Crippen LogP contribution in [-0.2, 0) is 7.05 Å². The lowest BCUT2D eigenvalue weighted by Crippen LogP contribution is -2.12. The van der Waals surface area contributed by atoms with Crippen molar-refractivity contribution in [1.82, 2.24) is 9.55 Å². The van der Waals surface area contributed by atoms with Gasteiger partial charge in [0.1, 0.15) is 5.82 Å². The van der Waals surface area contributed by atoms with E-state index < -0.39 is 0 Å². The summed E-state index contributed by atoms with van der Waals surface area (Å²) in [4.78, 5) is 16.6. The molecule has 0 saturated heterocycles. The Kier molecular flexibility index (Phi) is 4.05. The maximum atomic E-state index is 12.3. The zero-order valence-corrected chi connectivity index (χ0v) is 14.5. The molecule has 1 amide bonds. The molecule has 3 aromatic rings. The molecule has 0 aliphatic rings. The van der Waals surface area contributed by atoms with Crippen LogP contribution in [0.5, 0.6) is 0 Å². The lowest BCUT2D eigenvalue weighted by atomic mass is 10.1. The highest BCUT2D eigenvalue weighted by atomic mass is 79.9. The van der Waals surface area contributed by atoms with Crippen LogP contribution in [0.1, 0.15) is 22.8 Å². The molecule has 116 valence electrons. The third-order valence-corrected chi connectivity index (χ3v) is 4.34. The number of fused-ring (bicyclic) bond motifs is 1. The summed E-state index contributed by atoms with van der Waals surface area (Å²) in [5, 5.41) is 3.84. The molecular formula is C18H16BrN3O. The van der Waals surface area contributed by atoms with Gasteiger partial charge in [-0.05, 0) is 40.5 Å².